The molecule has 0 aliphatic heterocycles. The van der Waals surface area contributed by atoms with E-state index in [1.54, 1.807) is 6.26 Å². The van der Waals surface area contributed by atoms with Gasteiger partial charge in [0.1, 0.15) is 6.26 Å². The number of aromatic nitrogens is 1. The van der Waals surface area contributed by atoms with Crippen molar-refractivity contribution < 1.29 is 14.3 Å². The predicted octanol–water partition coefficient (Wildman–Crippen LogP) is 2.60. The Hall–Kier alpha value is -1.32. The molecule has 0 fully saturated rings. The number of hydrogen-bond donors (Lipinski definition) is 1. The van der Waals surface area contributed by atoms with Crippen molar-refractivity contribution in [1.82, 2.24) is 4.98 Å². The number of aryl methyl sites for hydroxylation is 1. The van der Waals surface area contributed by atoms with E-state index >= 15 is 0 Å². The van der Waals surface area contributed by atoms with Gasteiger partial charge in [-0.1, -0.05) is 13.8 Å². The number of aliphatic carboxylic acids is 1. The lowest BCUT2D eigenvalue weighted by Gasteiger charge is -2.05. The number of rotatable bonds is 6. The molecule has 1 rings (SSSR count). The Bertz CT molecular complexity index is 315. The highest BCUT2D eigenvalue weighted by molar-refractivity contribution is 5.66. The number of oxazole rings is 1. The van der Waals surface area contributed by atoms with Gasteiger partial charge in [0, 0.05) is 12.3 Å². The molecule has 84 valence electrons. The maximum Gasteiger partial charge on any atom is 0.303 e. The molecular formula is C11H17NO3. The van der Waals surface area contributed by atoms with E-state index in [4.69, 9.17) is 9.52 Å². The van der Waals surface area contributed by atoms with Gasteiger partial charge in [-0.3, -0.25) is 4.79 Å². The van der Waals surface area contributed by atoms with E-state index in [1.165, 1.54) is 0 Å². The molecule has 4 nitrogen and oxygen atoms in total. The summed E-state index contributed by atoms with van der Waals surface area (Å²) in [7, 11) is 0. The lowest BCUT2D eigenvalue weighted by atomic mass is 10.0. The number of carboxylic acid groups (broad SMARTS) is 1. The Balaban J connectivity index is 2.59. The molecule has 4 heteroatoms. The number of carbonyl (C=O) groups is 1. The maximum absolute atomic E-state index is 10.4. The van der Waals surface area contributed by atoms with E-state index in [1.807, 2.05) is 0 Å². The molecule has 0 unspecified atom stereocenters. The third-order valence-corrected chi connectivity index (χ3v) is 2.50. The number of hydrogen-bond acceptors (Lipinski definition) is 3. The largest absolute Gasteiger partial charge is 0.481 e. The fourth-order valence-electron chi connectivity index (χ4n) is 1.50. The highest BCUT2D eigenvalue weighted by Gasteiger charge is 2.13. The van der Waals surface area contributed by atoms with E-state index in [0.717, 1.165) is 24.4 Å². The average Bonchev–Trinajstić information content (AvgIpc) is 2.65. The van der Waals surface area contributed by atoms with Gasteiger partial charge in [0.25, 0.3) is 0 Å². The first-order chi connectivity index (χ1) is 7.17. The Morgan fingerprint density at radius 3 is 2.73 bits per heavy atom. The average molecular weight is 211 g/mol. The summed E-state index contributed by atoms with van der Waals surface area (Å²) in [6.07, 6.45) is 4.11. The second-order valence-corrected chi connectivity index (χ2v) is 3.58. The standard InChI is InChI=1S/C11H17NO3/c1-3-8(4-2)11-12-9(7-15-11)5-6-10(13)14/h7-8H,3-6H2,1-2H3,(H,13,14). The Morgan fingerprint density at radius 2 is 2.20 bits per heavy atom. The number of carboxylic acids is 1. The molecule has 1 N–H and O–H groups in total. The van der Waals surface area contributed by atoms with Crippen LogP contribution in [0.25, 0.3) is 0 Å². The summed E-state index contributed by atoms with van der Waals surface area (Å²) >= 11 is 0. The van der Waals surface area contributed by atoms with Gasteiger partial charge in [-0.15, -0.1) is 0 Å². The van der Waals surface area contributed by atoms with Crippen LogP contribution in [0.4, 0.5) is 0 Å². The van der Waals surface area contributed by atoms with Crippen LogP contribution in [0.15, 0.2) is 10.7 Å². The van der Waals surface area contributed by atoms with Crippen LogP contribution in [-0.2, 0) is 11.2 Å². The van der Waals surface area contributed by atoms with E-state index in [9.17, 15) is 4.79 Å². The molecule has 0 aliphatic rings. The van der Waals surface area contributed by atoms with E-state index in [-0.39, 0.29) is 6.42 Å². The molecule has 0 radical (unpaired) electrons. The van der Waals surface area contributed by atoms with Gasteiger partial charge in [0.05, 0.1) is 12.1 Å². The first kappa shape index (κ1) is 11.8. The van der Waals surface area contributed by atoms with Gasteiger partial charge >= 0.3 is 5.97 Å². The van der Waals surface area contributed by atoms with E-state index < -0.39 is 5.97 Å². The summed E-state index contributed by atoms with van der Waals surface area (Å²) in [6, 6.07) is 0. The molecule has 0 atom stereocenters. The highest BCUT2D eigenvalue weighted by Crippen LogP contribution is 2.22. The molecule has 1 aromatic heterocycles. The Kier molecular flexibility index (Phi) is 4.34. The highest BCUT2D eigenvalue weighted by atomic mass is 16.4. The van der Waals surface area contributed by atoms with Crippen molar-refractivity contribution in [3.8, 4) is 0 Å². The zero-order valence-electron chi connectivity index (χ0n) is 9.19. The molecule has 0 aromatic carbocycles. The van der Waals surface area contributed by atoms with Gasteiger partial charge in [-0.05, 0) is 12.8 Å². The van der Waals surface area contributed by atoms with Crippen LogP contribution in [0.1, 0.15) is 50.6 Å². The quantitative estimate of drug-likeness (QED) is 0.785. The minimum atomic E-state index is -0.804. The summed E-state index contributed by atoms with van der Waals surface area (Å²) in [6.45, 7) is 4.19. The third kappa shape index (κ3) is 3.38. The van der Waals surface area contributed by atoms with E-state index in [2.05, 4.69) is 18.8 Å². The van der Waals surface area contributed by atoms with Crippen LogP contribution >= 0.6 is 0 Å². The monoisotopic (exact) mass is 211 g/mol. The lowest BCUT2D eigenvalue weighted by molar-refractivity contribution is -0.136. The van der Waals surface area contributed by atoms with Crippen molar-refractivity contribution >= 4 is 5.97 Å². The zero-order chi connectivity index (χ0) is 11.3. The first-order valence-corrected chi connectivity index (χ1v) is 5.33. The van der Waals surface area contributed by atoms with Crippen LogP contribution < -0.4 is 0 Å². The molecular weight excluding hydrogens is 194 g/mol. The second kappa shape index (κ2) is 5.53. The van der Waals surface area contributed by atoms with Crippen molar-refractivity contribution in [2.45, 2.75) is 45.4 Å². The zero-order valence-corrected chi connectivity index (χ0v) is 9.19. The van der Waals surface area contributed by atoms with Crippen LogP contribution in [-0.4, -0.2) is 16.1 Å². The second-order valence-electron chi connectivity index (χ2n) is 3.58. The summed E-state index contributed by atoms with van der Waals surface area (Å²) in [4.78, 5) is 14.7. The van der Waals surface area contributed by atoms with Crippen molar-refractivity contribution in [2.24, 2.45) is 0 Å². The smallest absolute Gasteiger partial charge is 0.303 e. The fourth-order valence-corrected chi connectivity index (χ4v) is 1.50. The molecule has 0 saturated carbocycles. The first-order valence-electron chi connectivity index (χ1n) is 5.33. The van der Waals surface area contributed by atoms with Crippen LogP contribution in [0.3, 0.4) is 0 Å². The predicted molar refractivity (Wildman–Crippen MR) is 55.8 cm³/mol. The van der Waals surface area contributed by atoms with Gasteiger partial charge in [-0.2, -0.15) is 0 Å². The SMILES string of the molecule is CCC(CC)c1nc(CCC(=O)O)co1. The summed E-state index contributed by atoms with van der Waals surface area (Å²) in [5, 5.41) is 8.52. The molecule has 0 aliphatic carbocycles. The molecule has 0 saturated heterocycles. The normalized spacial score (nSPS) is 10.9. The summed E-state index contributed by atoms with van der Waals surface area (Å²) in [5.74, 6) is 0.283. The van der Waals surface area contributed by atoms with E-state index in [0.29, 0.717) is 12.3 Å². The van der Waals surface area contributed by atoms with Crippen LogP contribution in [0, 0.1) is 0 Å². The molecule has 0 bridgehead atoms. The molecule has 0 amide bonds. The van der Waals surface area contributed by atoms with Gasteiger partial charge < -0.3 is 9.52 Å². The van der Waals surface area contributed by atoms with Crippen molar-refractivity contribution in [3.05, 3.63) is 17.8 Å². The Labute approximate surface area is 89.3 Å². The third-order valence-electron chi connectivity index (χ3n) is 2.50. The molecule has 0 spiro atoms. The maximum atomic E-state index is 10.4. The van der Waals surface area contributed by atoms with Crippen molar-refractivity contribution in [3.63, 3.8) is 0 Å². The summed E-state index contributed by atoms with van der Waals surface area (Å²) < 4.78 is 5.34. The lowest BCUT2D eigenvalue weighted by Crippen LogP contribution is -1.99. The minimum absolute atomic E-state index is 0.106. The molecule has 1 aromatic rings. The fraction of sp³-hybridized carbons (Fsp3) is 0.636. The summed E-state index contributed by atoms with van der Waals surface area (Å²) in [5.41, 5.74) is 0.735. The minimum Gasteiger partial charge on any atom is -0.481 e. The van der Waals surface area contributed by atoms with Crippen molar-refractivity contribution in [2.75, 3.05) is 0 Å². The molecule has 15 heavy (non-hydrogen) atoms. The topological polar surface area (TPSA) is 63.3 Å². The van der Waals surface area contributed by atoms with Crippen molar-refractivity contribution in [1.29, 1.82) is 0 Å². The van der Waals surface area contributed by atoms with Crippen LogP contribution in [0.2, 0.25) is 0 Å². The van der Waals surface area contributed by atoms with Gasteiger partial charge in [-0.25, -0.2) is 4.98 Å². The van der Waals surface area contributed by atoms with Gasteiger partial charge in [0.15, 0.2) is 5.89 Å². The Morgan fingerprint density at radius 1 is 1.53 bits per heavy atom. The van der Waals surface area contributed by atoms with Crippen LogP contribution in [0.5, 0.6) is 0 Å². The van der Waals surface area contributed by atoms with Gasteiger partial charge in [0.2, 0.25) is 0 Å². The number of nitrogens with zero attached hydrogens (tertiary/aromatic N) is 1. The molecule has 1 heterocycles.